The molecule has 1 saturated heterocycles. The number of piperidine rings is 1. The summed E-state index contributed by atoms with van der Waals surface area (Å²) < 4.78 is 5.32. The van der Waals surface area contributed by atoms with Gasteiger partial charge in [-0.15, -0.1) is 0 Å². The minimum atomic E-state index is -1.93. The quantitative estimate of drug-likeness (QED) is 0.285. The largest absolute Gasteiger partial charge is 0.517 e. The molecule has 3 heterocycles. The van der Waals surface area contributed by atoms with Gasteiger partial charge in [-0.1, -0.05) is 30.3 Å². The third-order valence-corrected chi connectivity index (χ3v) is 13.3. The van der Waals surface area contributed by atoms with E-state index >= 15 is 0 Å². The number of aliphatic carboxylic acids is 1. The van der Waals surface area contributed by atoms with E-state index in [0.717, 1.165) is 44.5 Å². The summed E-state index contributed by atoms with van der Waals surface area (Å²) in [4.78, 5) is 58.3. The Morgan fingerprint density at radius 3 is 1.67 bits per heavy atom. The van der Waals surface area contributed by atoms with Gasteiger partial charge in [-0.3, -0.25) is 9.59 Å². The maximum atomic E-state index is 14.8. The predicted molar refractivity (Wildman–Crippen MR) is 220 cm³/mol. The summed E-state index contributed by atoms with van der Waals surface area (Å²) in [6, 6.07) is 10.9. The molecule has 0 aliphatic carbocycles. The van der Waals surface area contributed by atoms with Crippen molar-refractivity contribution in [2.75, 3.05) is 32.7 Å². The number of nitriles is 2. The molecule has 0 bridgehead atoms. The number of amides is 3. The summed E-state index contributed by atoms with van der Waals surface area (Å²) in [6.07, 6.45) is 1.63. The van der Waals surface area contributed by atoms with E-state index in [1.54, 1.807) is 25.7 Å². The van der Waals surface area contributed by atoms with Gasteiger partial charge in [0.2, 0.25) is 0 Å². The zero-order valence-corrected chi connectivity index (χ0v) is 35.9. The smallest absolute Gasteiger partial charge is 0.481 e. The summed E-state index contributed by atoms with van der Waals surface area (Å²) in [7, 11) is 0. The van der Waals surface area contributed by atoms with Crippen LogP contribution in [0.5, 0.6) is 0 Å². The van der Waals surface area contributed by atoms with Crippen LogP contribution in [0.15, 0.2) is 36.4 Å². The van der Waals surface area contributed by atoms with Crippen molar-refractivity contribution in [3.8, 4) is 12.1 Å². The van der Waals surface area contributed by atoms with E-state index in [9.17, 15) is 39.9 Å². The molecule has 0 radical (unpaired) electrons. The molecule has 2 aromatic carbocycles. The molecular formula is C46H59N5O7+2. The van der Waals surface area contributed by atoms with Crippen LogP contribution in [0.1, 0.15) is 112 Å². The van der Waals surface area contributed by atoms with Crippen LogP contribution >= 0.6 is 0 Å². The van der Waals surface area contributed by atoms with Crippen molar-refractivity contribution in [2.45, 2.75) is 119 Å². The minimum absolute atomic E-state index is 0.100. The number of likely N-dealkylation sites (tertiary alicyclic amines) is 1. The highest BCUT2D eigenvalue weighted by Gasteiger charge is 2.71. The second-order valence-corrected chi connectivity index (χ2v) is 18.8. The monoisotopic (exact) mass is 793 g/mol. The number of carboxylic acid groups (broad SMARTS) is 2. The van der Waals surface area contributed by atoms with Gasteiger partial charge in [-0.25, -0.2) is 8.97 Å². The Morgan fingerprint density at radius 2 is 1.31 bits per heavy atom. The Bertz CT molecular complexity index is 2170. The van der Waals surface area contributed by atoms with Crippen molar-refractivity contribution in [3.05, 3.63) is 80.9 Å². The van der Waals surface area contributed by atoms with Crippen molar-refractivity contribution in [2.24, 2.45) is 5.41 Å². The van der Waals surface area contributed by atoms with E-state index in [-0.39, 0.29) is 30.5 Å². The van der Waals surface area contributed by atoms with E-state index < -0.39 is 57.2 Å². The van der Waals surface area contributed by atoms with E-state index in [1.807, 2.05) is 84.9 Å². The second kappa shape index (κ2) is 15.5. The molecule has 12 nitrogen and oxygen atoms in total. The van der Waals surface area contributed by atoms with E-state index in [2.05, 4.69) is 12.1 Å². The van der Waals surface area contributed by atoms with Crippen molar-refractivity contribution in [1.82, 2.24) is 4.90 Å². The first kappa shape index (κ1) is 43.8. The lowest BCUT2D eigenvalue weighted by Gasteiger charge is -2.57. The average Bonchev–Trinajstić information content (AvgIpc) is 3.13. The number of hydrogen-bond donors (Lipinski definition) is 2. The number of rotatable bonds is 5. The molecule has 5 rings (SSSR count). The fourth-order valence-corrected chi connectivity index (χ4v) is 9.72. The van der Waals surface area contributed by atoms with Crippen LogP contribution in [0.4, 0.5) is 9.59 Å². The number of hydrogen-bond acceptors (Lipinski definition) is 7. The molecule has 2 N–H and O–H groups in total. The van der Waals surface area contributed by atoms with Crippen molar-refractivity contribution < 1.29 is 43.1 Å². The van der Waals surface area contributed by atoms with Gasteiger partial charge in [0.05, 0.1) is 29.8 Å². The number of aryl methyl sites for hydroxylation is 4. The van der Waals surface area contributed by atoms with Crippen LogP contribution in [0.2, 0.25) is 0 Å². The average molecular weight is 794 g/mol. The predicted octanol–water partition coefficient (Wildman–Crippen LogP) is 8.04. The molecule has 0 spiro atoms. The zero-order valence-electron chi connectivity index (χ0n) is 35.9. The number of ether oxygens (including phenoxy) is 1. The summed E-state index contributed by atoms with van der Waals surface area (Å²) in [5.41, 5.74) is 4.94. The zero-order chi connectivity index (χ0) is 43.3. The number of nitrogens with zero attached hydrogens (tertiary/aromatic N) is 5. The van der Waals surface area contributed by atoms with E-state index in [1.165, 1.54) is 6.92 Å². The first-order valence-corrected chi connectivity index (χ1v) is 20.0. The fourth-order valence-electron chi connectivity index (χ4n) is 9.72. The lowest BCUT2D eigenvalue weighted by molar-refractivity contribution is -0.934. The highest BCUT2D eigenvalue weighted by molar-refractivity contribution is 5.91. The Morgan fingerprint density at radius 1 is 0.810 bits per heavy atom. The first-order valence-electron chi connectivity index (χ1n) is 20.0. The number of carboxylic acids is 1. The SMILES string of the molecule is Cc1cc(C2=CCN(C(=O)[C@@H]3[C@@](C)(C(=O)O)C[C@@H](OC(=O)[N+]4(C(C)(C)C)CC=C(c5cc(C)c(C#N)c(C)c5)CC4)C[N+]3(C(=O)O)C(C)(C)C)CC2)cc(C)c1C#N. The van der Waals surface area contributed by atoms with Crippen LogP contribution in [0.3, 0.4) is 0 Å². The standard InChI is InChI=1S/C46H57N5O7/c1-28-20-34(21-29(2)37(28)25-47)32-12-16-49(17-13-32)40(52)39-46(11,41(53)54)24-36(27-51(39,42(55)56)45(8,9)10)58-43(57)50(44(5,6)7)18-14-33(15-19-50)35-22-30(3)38(26-48)31(4)23-35/h12,14,20-23,36,39H,13,15-19,24,27H2,1-11H3/p+2/t36-,39-,46+,50?,51?/m1/s1. The molecule has 1 fully saturated rings. The molecule has 2 unspecified atom stereocenters. The molecule has 0 saturated carbocycles. The van der Waals surface area contributed by atoms with Gasteiger partial charge in [0.15, 0.2) is 12.1 Å². The van der Waals surface area contributed by atoms with Gasteiger partial charge in [-0.05, 0) is 133 Å². The molecule has 5 atom stereocenters. The Kier molecular flexibility index (Phi) is 11.7. The maximum Gasteiger partial charge on any atom is 0.517 e. The number of carbonyl (C=O) groups is 4. The van der Waals surface area contributed by atoms with Gasteiger partial charge < -0.3 is 19.8 Å². The molecule has 308 valence electrons. The molecule has 2 aromatic rings. The Labute approximate surface area is 342 Å². The van der Waals surface area contributed by atoms with E-state index in [4.69, 9.17) is 4.74 Å². The Balaban J connectivity index is 1.48. The Hall–Kier alpha value is -5.30. The summed E-state index contributed by atoms with van der Waals surface area (Å²) in [5.74, 6) is -1.91. The van der Waals surface area contributed by atoms with Crippen LogP contribution in [-0.2, 0) is 14.3 Å². The lowest BCUT2D eigenvalue weighted by atomic mass is 9.69. The molecular weight excluding hydrogens is 735 g/mol. The molecule has 0 aromatic heterocycles. The van der Waals surface area contributed by atoms with Crippen molar-refractivity contribution in [1.29, 1.82) is 10.5 Å². The van der Waals surface area contributed by atoms with Crippen LogP contribution in [0, 0.1) is 55.8 Å². The maximum absolute atomic E-state index is 14.8. The minimum Gasteiger partial charge on any atom is -0.481 e. The highest BCUT2D eigenvalue weighted by atomic mass is 16.6. The van der Waals surface area contributed by atoms with Gasteiger partial charge >= 0.3 is 18.2 Å². The molecule has 3 amide bonds. The van der Waals surface area contributed by atoms with Crippen molar-refractivity contribution in [3.63, 3.8) is 0 Å². The lowest BCUT2D eigenvalue weighted by Crippen LogP contribution is -2.80. The topological polar surface area (TPSA) is 169 Å². The van der Waals surface area contributed by atoms with Gasteiger partial charge in [0.25, 0.3) is 5.91 Å². The number of carbonyl (C=O) groups excluding carboxylic acids is 2. The van der Waals surface area contributed by atoms with Gasteiger partial charge in [0, 0.05) is 25.9 Å². The van der Waals surface area contributed by atoms with Crippen LogP contribution < -0.4 is 0 Å². The van der Waals surface area contributed by atoms with Crippen LogP contribution in [0.25, 0.3) is 11.1 Å². The third kappa shape index (κ3) is 7.33. The van der Waals surface area contributed by atoms with Crippen LogP contribution in [-0.4, -0.2) is 104 Å². The van der Waals surface area contributed by atoms with Gasteiger partial charge in [0.1, 0.15) is 29.6 Å². The third-order valence-electron chi connectivity index (χ3n) is 13.3. The molecule has 3 aliphatic rings. The molecule has 58 heavy (non-hydrogen) atoms. The van der Waals surface area contributed by atoms with Crippen molar-refractivity contribution >= 4 is 35.2 Å². The molecule has 3 aliphatic heterocycles. The fraction of sp³-hybridized carbons (Fsp3) is 0.522. The van der Waals surface area contributed by atoms with Gasteiger partial charge in [-0.2, -0.15) is 20.1 Å². The highest BCUT2D eigenvalue weighted by Crippen LogP contribution is 2.48. The summed E-state index contributed by atoms with van der Waals surface area (Å²) in [6.45, 7) is 20.7. The number of benzene rings is 2. The molecule has 12 heteroatoms. The van der Waals surface area contributed by atoms with E-state index in [0.29, 0.717) is 37.1 Å². The number of quaternary nitrogens is 2. The summed E-state index contributed by atoms with van der Waals surface area (Å²) in [5, 5.41) is 41.4. The second-order valence-electron chi connectivity index (χ2n) is 18.8. The summed E-state index contributed by atoms with van der Waals surface area (Å²) >= 11 is 0. The normalized spacial score (nSPS) is 26.4. The first-order chi connectivity index (χ1) is 26.9.